The number of methoxy groups -OCH3 is 1. The molecule has 2 aromatic heterocycles. The lowest BCUT2D eigenvalue weighted by atomic mass is 10.2. The SMILES string of the molecule is COc1cccc(-c2cccnc2Oc2ccc(C(F)(F)F)cc2)n1. The summed E-state index contributed by atoms with van der Waals surface area (Å²) in [4.78, 5) is 8.47. The molecule has 0 amide bonds. The van der Waals surface area contributed by atoms with E-state index in [4.69, 9.17) is 9.47 Å². The molecule has 0 fully saturated rings. The van der Waals surface area contributed by atoms with Gasteiger partial charge in [0.15, 0.2) is 0 Å². The molecule has 0 aliphatic carbocycles. The van der Waals surface area contributed by atoms with Crippen LogP contribution in [-0.4, -0.2) is 17.1 Å². The molecule has 0 bridgehead atoms. The van der Waals surface area contributed by atoms with Crippen LogP contribution >= 0.6 is 0 Å². The Hall–Kier alpha value is -3.09. The topological polar surface area (TPSA) is 44.2 Å². The molecule has 0 saturated heterocycles. The summed E-state index contributed by atoms with van der Waals surface area (Å²) in [5.41, 5.74) is 0.436. The number of halogens is 3. The monoisotopic (exact) mass is 346 g/mol. The minimum atomic E-state index is -4.39. The average molecular weight is 346 g/mol. The first-order valence-corrected chi connectivity index (χ1v) is 7.29. The van der Waals surface area contributed by atoms with E-state index in [1.165, 1.54) is 25.4 Å². The van der Waals surface area contributed by atoms with Gasteiger partial charge in [0.2, 0.25) is 11.8 Å². The lowest BCUT2D eigenvalue weighted by molar-refractivity contribution is -0.137. The molecule has 0 spiro atoms. The summed E-state index contributed by atoms with van der Waals surface area (Å²) in [5.74, 6) is 0.917. The Bertz CT molecular complexity index is 865. The first-order chi connectivity index (χ1) is 12.0. The predicted molar refractivity (Wildman–Crippen MR) is 85.5 cm³/mol. The van der Waals surface area contributed by atoms with Gasteiger partial charge in [0, 0.05) is 12.3 Å². The predicted octanol–water partition coefficient (Wildman–Crippen LogP) is 4.96. The van der Waals surface area contributed by atoms with Crippen molar-refractivity contribution in [1.29, 1.82) is 0 Å². The lowest BCUT2D eigenvalue weighted by Crippen LogP contribution is -2.04. The number of rotatable bonds is 4. The molecule has 0 N–H and O–H groups in total. The van der Waals surface area contributed by atoms with E-state index in [1.807, 2.05) is 0 Å². The summed E-state index contributed by atoms with van der Waals surface area (Å²) in [6.45, 7) is 0. The Kier molecular flexibility index (Phi) is 4.56. The van der Waals surface area contributed by atoms with E-state index in [-0.39, 0.29) is 11.6 Å². The number of alkyl halides is 3. The van der Waals surface area contributed by atoms with E-state index in [2.05, 4.69) is 9.97 Å². The zero-order valence-electron chi connectivity index (χ0n) is 13.1. The highest BCUT2D eigenvalue weighted by molar-refractivity contribution is 5.65. The Morgan fingerprint density at radius 3 is 2.36 bits per heavy atom. The lowest BCUT2D eigenvalue weighted by Gasteiger charge is -2.11. The van der Waals surface area contributed by atoms with Gasteiger partial charge in [-0.15, -0.1) is 0 Å². The van der Waals surface area contributed by atoms with Gasteiger partial charge in [-0.3, -0.25) is 0 Å². The standard InChI is InChI=1S/C18H13F3N2O2/c1-24-16-6-2-5-15(23-16)14-4-3-11-22-17(14)25-13-9-7-12(8-10-13)18(19,20)21/h2-11H,1H3. The third kappa shape index (κ3) is 3.88. The van der Waals surface area contributed by atoms with Crippen molar-refractivity contribution in [2.75, 3.05) is 7.11 Å². The van der Waals surface area contributed by atoms with Gasteiger partial charge < -0.3 is 9.47 Å². The second-order valence-electron chi connectivity index (χ2n) is 5.05. The Morgan fingerprint density at radius 1 is 0.920 bits per heavy atom. The highest BCUT2D eigenvalue weighted by atomic mass is 19.4. The van der Waals surface area contributed by atoms with Crippen molar-refractivity contribution < 1.29 is 22.6 Å². The number of aromatic nitrogens is 2. The van der Waals surface area contributed by atoms with Crippen LogP contribution in [0.4, 0.5) is 13.2 Å². The Labute approximate surface area is 141 Å². The molecular formula is C18H13F3N2O2. The molecule has 2 heterocycles. The molecule has 0 aliphatic rings. The highest BCUT2D eigenvalue weighted by Crippen LogP contribution is 2.33. The second-order valence-corrected chi connectivity index (χ2v) is 5.05. The molecule has 25 heavy (non-hydrogen) atoms. The van der Waals surface area contributed by atoms with Crippen molar-refractivity contribution in [2.24, 2.45) is 0 Å². The van der Waals surface area contributed by atoms with Crippen LogP contribution in [0, 0.1) is 0 Å². The summed E-state index contributed by atoms with van der Waals surface area (Å²) in [5, 5.41) is 0. The normalized spacial score (nSPS) is 11.2. The van der Waals surface area contributed by atoms with Crippen molar-refractivity contribution >= 4 is 0 Å². The smallest absolute Gasteiger partial charge is 0.416 e. The molecule has 4 nitrogen and oxygen atoms in total. The van der Waals surface area contributed by atoms with Gasteiger partial charge in [-0.1, -0.05) is 6.07 Å². The molecule has 3 aromatic rings. The quantitative estimate of drug-likeness (QED) is 0.669. The first kappa shape index (κ1) is 16.8. The van der Waals surface area contributed by atoms with Gasteiger partial charge in [0.25, 0.3) is 0 Å². The zero-order chi connectivity index (χ0) is 17.9. The third-order valence-electron chi connectivity index (χ3n) is 3.38. The Balaban J connectivity index is 1.91. The first-order valence-electron chi connectivity index (χ1n) is 7.29. The molecule has 0 radical (unpaired) electrons. The summed E-state index contributed by atoms with van der Waals surface area (Å²) < 4.78 is 48.6. The van der Waals surface area contributed by atoms with Gasteiger partial charge >= 0.3 is 6.18 Å². The van der Waals surface area contributed by atoms with Crippen molar-refractivity contribution in [3.63, 3.8) is 0 Å². The van der Waals surface area contributed by atoms with Crippen molar-refractivity contribution in [3.05, 3.63) is 66.4 Å². The van der Waals surface area contributed by atoms with Gasteiger partial charge in [0.1, 0.15) is 5.75 Å². The summed E-state index contributed by atoms with van der Waals surface area (Å²) in [6.07, 6.45) is -2.86. The van der Waals surface area contributed by atoms with Crippen molar-refractivity contribution in [2.45, 2.75) is 6.18 Å². The van der Waals surface area contributed by atoms with Crippen LogP contribution in [0.15, 0.2) is 60.8 Å². The maximum Gasteiger partial charge on any atom is 0.416 e. The zero-order valence-corrected chi connectivity index (χ0v) is 13.1. The third-order valence-corrected chi connectivity index (χ3v) is 3.38. The van der Waals surface area contributed by atoms with Crippen LogP contribution in [0.3, 0.4) is 0 Å². The van der Waals surface area contributed by atoms with Crippen LogP contribution < -0.4 is 9.47 Å². The molecule has 128 valence electrons. The number of ether oxygens (including phenoxy) is 2. The summed E-state index contributed by atoms with van der Waals surface area (Å²) in [6, 6.07) is 13.1. The van der Waals surface area contributed by atoms with Crippen LogP contribution in [0.1, 0.15) is 5.56 Å². The van der Waals surface area contributed by atoms with Gasteiger partial charge in [-0.25, -0.2) is 9.97 Å². The van der Waals surface area contributed by atoms with E-state index in [0.717, 1.165) is 12.1 Å². The van der Waals surface area contributed by atoms with E-state index in [0.29, 0.717) is 17.1 Å². The molecule has 0 saturated carbocycles. The minimum absolute atomic E-state index is 0.239. The summed E-state index contributed by atoms with van der Waals surface area (Å²) >= 11 is 0. The van der Waals surface area contributed by atoms with Crippen molar-refractivity contribution in [3.8, 4) is 28.8 Å². The van der Waals surface area contributed by atoms with Gasteiger partial charge in [-0.05, 0) is 42.5 Å². The van der Waals surface area contributed by atoms with Crippen LogP contribution in [0.25, 0.3) is 11.3 Å². The number of hydrogen-bond acceptors (Lipinski definition) is 4. The molecule has 1 aromatic carbocycles. The van der Waals surface area contributed by atoms with Crippen molar-refractivity contribution in [1.82, 2.24) is 9.97 Å². The minimum Gasteiger partial charge on any atom is -0.481 e. The van der Waals surface area contributed by atoms with Crippen LogP contribution in [0.5, 0.6) is 17.5 Å². The number of nitrogens with zero attached hydrogens (tertiary/aromatic N) is 2. The number of pyridine rings is 2. The summed E-state index contributed by atoms with van der Waals surface area (Å²) in [7, 11) is 1.51. The fourth-order valence-electron chi connectivity index (χ4n) is 2.17. The van der Waals surface area contributed by atoms with E-state index < -0.39 is 11.7 Å². The fourth-order valence-corrected chi connectivity index (χ4v) is 2.17. The maximum absolute atomic E-state index is 12.6. The van der Waals surface area contributed by atoms with Gasteiger partial charge in [-0.2, -0.15) is 13.2 Å². The molecule has 0 unspecified atom stereocenters. The molecule has 3 rings (SSSR count). The Morgan fingerprint density at radius 2 is 1.68 bits per heavy atom. The van der Waals surface area contributed by atoms with E-state index in [1.54, 1.807) is 30.3 Å². The van der Waals surface area contributed by atoms with Crippen LogP contribution in [0.2, 0.25) is 0 Å². The molecule has 7 heteroatoms. The number of hydrogen-bond donors (Lipinski definition) is 0. The van der Waals surface area contributed by atoms with Gasteiger partial charge in [0.05, 0.1) is 23.9 Å². The average Bonchev–Trinajstić information content (AvgIpc) is 2.62. The van der Waals surface area contributed by atoms with Crippen LogP contribution in [-0.2, 0) is 6.18 Å². The molecule has 0 atom stereocenters. The molecule has 0 aliphatic heterocycles. The number of benzene rings is 1. The van der Waals surface area contributed by atoms with E-state index in [9.17, 15) is 13.2 Å². The second kappa shape index (κ2) is 6.80. The maximum atomic E-state index is 12.6. The molecular weight excluding hydrogens is 333 g/mol. The van der Waals surface area contributed by atoms with E-state index >= 15 is 0 Å². The largest absolute Gasteiger partial charge is 0.481 e. The highest BCUT2D eigenvalue weighted by Gasteiger charge is 2.30. The fraction of sp³-hybridized carbons (Fsp3) is 0.111.